The first-order chi connectivity index (χ1) is 12.0. The van der Waals surface area contributed by atoms with Gasteiger partial charge in [0.1, 0.15) is 5.75 Å². The molecule has 0 radical (unpaired) electrons. The zero-order valence-corrected chi connectivity index (χ0v) is 14.8. The highest BCUT2D eigenvalue weighted by Crippen LogP contribution is 2.31. The van der Waals surface area contributed by atoms with Gasteiger partial charge in [0.2, 0.25) is 0 Å². The summed E-state index contributed by atoms with van der Waals surface area (Å²) in [7, 11) is 1.44. The van der Waals surface area contributed by atoms with E-state index in [1.165, 1.54) is 19.2 Å². The number of para-hydroxylation sites is 1. The number of methoxy groups -OCH3 is 1. The summed E-state index contributed by atoms with van der Waals surface area (Å²) >= 11 is 3.39. The third-order valence-electron chi connectivity index (χ3n) is 3.68. The Morgan fingerprint density at radius 3 is 2.72 bits per heavy atom. The maximum atomic E-state index is 11.9. The smallest absolute Gasteiger partial charge is 0.336 e. The molecule has 0 aliphatic rings. The summed E-state index contributed by atoms with van der Waals surface area (Å²) in [6.07, 6.45) is 3.37. The van der Waals surface area contributed by atoms with Crippen molar-refractivity contribution in [3.05, 3.63) is 63.8 Å². The molecule has 3 rings (SSSR count). The normalized spacial score (nSPS) is 11.1. The molecule has 3 aromatic rings. The van der Waals surface area contributed by atoms with Gasteiger partial charge in [0.05, 0.1) is 23.9 Å². The van der Waals surface area contributed by atoms with Crippen LogP contribution in [-0.4, -0.2) is 23.2 Å². The van der Waals surface area contributed by atoms with Gasteiger partial charge >= 0.3 is 5.97 Å². The number of aromatic nitrogens is 1. The van der Waals surface area contributed by atoms with E-state index in [2.05, 4.69) is 20.9 Å². The number of hydrogen-bond donors (Lipinski definition) is 1. The molecule has 126 valence electrons. The summed E-state index contributed by atoms with van der Waals surface area (Å²) in [5.41, 5.74) is 1.92. The van der Waals surface area contributed by atoms with E-state index in [0.717, 1.165) is 0 Å². The molecule has 25 heavy (non-hydrogen) atoms. The van der Waals surface area contributed by atoms with E-state index in [-0.39, 0.29) is 17.1 Å². The zero-order chi connectivity index (χ0) is 18.0. The Bertz CT molecular complexity index is 998. The lowest BCUT2D eigenvalue weighted by Crippen LogP contribution is -2.00. The number of pyridine rings is 1. The first-order valence-corrected chi connectivity index (χ1v) is 8.14. The molecular formula is C19H13BrNO4-. The molecule has 0 aliphatic heterocycles. The fourth-order valence-corrected chi connectivity index (χ4v) is 2.93. The lowest BCUT2D eigenvalue weighted by molar-refractivity contribution is -0.270. The summed E-state index contributed by atoms with van der Waals surface area (Å²) in [6.45, 7) is 0. The lowest BCUT2D eigenvalue weighted by Gasteiger charge is -2.14. The van der Waals surface area contributed by atoms with E-state index in [1.807, 2.05) is 0 Å². The van der Waals surface area contributed by atoms with Gasteiger partial charge in [-0.05, 0) is 29.8 Å². The highest BCUT2D eigenvalue weighted by molar-refractivity contribution is 9.10. The van der Waals surface area contributed by atoms with E-state index in [1.54, 1.807) is 42.5 Å². The Hall–Kier alpha value is -2.86. The number of rotatable bonds is 4. The quantitative estimate of drug-likeness (QED) is 0.719. The molecule has 5 nitrogen and oxygen atoms in total. The molecule has 0 amide bonds. The lowest BCUT2D eigenvalue weighted by atomic mass is 10.1. The predicted molar refractivity (Wildman–Crippen MR) is 97.8 cm³/mol. The van der Waals surface area contributed by atoms with Crippen LogP contribution in [0.4, 0.5) is 0 Å². The summed E-state index contributed by atoms with van der Waals surface area (Å²) in [6, 6.07) is 11.6. The number of aromatic carboxylic acids is 1. The Kier molecular flexibility index (Phi) is 4.72. The SMILES string of the molecule is COc1cc(Br)c(/C=C/c2cc(C(=O)O)c3ccccc3n2)cc1[O-]. The molecule has 1 aromatic heterocycles. The topological polar surface area (TPSA) is 82.5 Å². The Morgan fingerprint density at radius 1 is 1.24 bits per heavy atom. The van der Waals surface area contributed by atoms with Crippen LogP contribution < -0.4 is 9.84 Å². The molecule has 0 bridgehead atoms. The zero-order valence-electron chi connectivity index (χ0n) is 13.2. The highest BCUT2D eigenvalue weighted by atomic mass is 79.9. The molecule has 0 atom stereocenters. The van der Waals surface area contributed by atoms with Gasteiger partial charge in [0, 0.05) is 9.86 Å². The van der Waals surface area contributed by atoms with Crippen molar-refractivity contribution in [1.82, 2.24) is 4.98 Å². The number of ether oxygens (including phenoxy) is 1. The first kappa shape index (κ1) is 17.0. The van der Waals surface area contributed by atoms with Gasteiger partial charge in [-0.15, -0.1) is 0 Å². The predicted octanol–water partition coefficient (Wildman–Crippen LogP) is 3.95. The molecule has 0 saturated heterocycles. The summed E-state index contributed by atoms with van der Waals surface area (Å²) < 4.78 is 5.68. The number of nitrogens with zero attached hydrogens (tertiary/aromatic N) is 1. The van der Waals surface area contributed by atoms with Gasteiger partial charge in [0.25, 0.3) is 0 Å². The van der Waals surface area contributed by atoms with Crippen LogP contribution in [0.5, 0.6) is 11.5 Å². The summed E-state index contributed by atoms with van der Waals surface area (Å²) in [5, 5.41) is 21.9. The fraction of sp³-hybridized carbons (Fsp3) is 0.0526. The summed E-state index contributed by atoms with van der Waals surface area (Å²) in [4.78, 5) is 15.9. The summed E-state index contributed by atoms with van der Waals surface area (Å²) in [5.74, 6) is -0.996. The molecule has 0 aliphatic carbocycles. The van der Waals surface area contributed by atoms with Crippen molar-refractivity contribution in [2.75, 3.05) is 7.11 Å². The van der Waals surface area contributed by atoms with Crippen molar-refractivity contribution in [3.63, 3.8) is 0 Å². The van der Waals surface area contributed by atoms with Crippen LogP contribution >= 0.6 is 15.9 Å². The van der Waals surface area contributed by atoms with Gasteiger partial charge in [-0.2, -0.15) is 0 Å². The average Bonchev–Trinajstić information content (AvgIpc) is 2.61. The molecule has 6 heteroatoms. The van der Waals surface area contributed by atoms with Gasteiger partial charge in [-0.3, -0.25) is 0 Å². The maximum Gasteiger partial charge on any atom is 0.336 e. The minimum Gasteiger partial charge on any atom is -0.870 e. The van der Waals surface area contributed by atoms with Crippen molar-refractivity contribution in [1.29, 1.82) is 0 Å². The van der Waals surface area contributed by atoms with Crippen molar-refractivity contribution in [2.24, 2.45) is 0 Å². The number of hydrogen-bond acceptors (Lipinski definition) is 4. The molecular weight excluding hydrogens is 386 g/mol. The number of benzene rings is 2. The van der Waals surface area contributed by atoms with Crippen LogP contribution in [0.15, 0.2) is 46.9 Å². The second-order valence-electron chi connectivity index (χ2n) is 5.27. The van der Waals surface area contributed by atoms with Crippen LogP contribution in [0, 0.1) is 0 Å². The molecule has 0 spiro atoms. The minimum absolute atomic E-state index is 0.184. The molecule has 1 heterocycles. The number of fused-ring (bicyclic) bond motifs is 1. The van der Waals surface area contributed by atoms with Crippen LogP contribution in [0.1, 0.15) is 21.6 Å². The van der Waals surface area contributed by atoms with Crippen molar-refractivity contribution in [2.45, 2.75) is 0 Å². The van der Waals surface area contributed by atoms with Gasteiger partial charge in [-0.25, -0.2) is 9.78 Å². The van der Waals surface area contributed by atoms with Crippen LogP contribution in [-0.2, 0) is 0 Å². The Morgan fingerprint density at radius 2 is 2.00 bits per heavy atom. The van der Waals surface area contributed by atoms with Crippen molar-refractivity contribution < 1.29 is 19.7 Å². The number of carbonyl (C=O) groups is 1. The van der Waals surface area contributed by atoms with Gasteiger partial charge in [0.15, 0.2) is 0 Å². The third-order valence-corrected chi connectivity index (χ3v) is 4.37. The second kappa shape index (κ2) is 6.94. The van der Waals surface area contributed by atoms with E-state index >= 15 is 0 Å². The minimum atomic E-state index is -1.01. The average molecular weight is 399 g/mol. The molecule has 0 saturated carbocycles. The second-order valence-corrected chi connectivity index (χ2v) is 6.13. The van der Waals surface area contributed by atoms with Crippen LogP contribution in [0.3, 0.4) is 0 Å². The van der Waals surface area contributed by atoms with E-state index < -0.39 is 5.97 Å². The first-order valence-electron chi connectivity index (χ1n) is 7.35. The van der Waals surface area contributed by atoms with Crippen molar-refractivity contribution in [3.8, 4) is 11.5 Å². The monoisotopic (exact) mass is 398 g/mol. The number of carboxylic acids is 1. The number of carboxylic acid groups (broad SMARTS) is 1. The highest BCUT2D eigenvalue weighted by Gasteiger charge is 2.10. The third kappa shape index (κ3) is 3.49. The molecule has 0 fully saturated rings. The fourth-order valence-electron chi connectivity index (χ4n) is 2.47. The largest absolute Gasteiger partial charge is 0.870 e. The van der Waals surface area contributed by atoms with Crippen LogP contribution in [0.25, 0.3) is 23.1 Å². The van der Waals surface area contributed by atoms with E-state index in [4.69, 9.17) is 4.74 Å². The van der Waals surface area contributed by atoms with Gasteiger partial charge in [-0.1, -0.05) is 52.0 Å². The molecule has 0 unspecified atom stereocenters. The number of halogens is 1. The van der Waals surface area contributed by atoms with Gasteiger partial charge < -0.3 is 14.9 Å². The van der Waals surface area contributed by atoms with Crippen molar-refractivity contribution >= 4 is 45.0 Å². The Balaban J connectivity index is 2.05. The maximum absolute atomic E-state index is 11.9. The molecule has 1 N–H and O–H groups in total. The standard InChI is InChI=1S/C19H14BrNO4/c1-25-18-10-15(20)11(8-17(18)22)6-7-12-9-14(19(23)24)13-4-2-3-5-16(13)21-12/h2-10,22H,1H3,(H,23,24)/p-1/b7-6+. The van der Waals surface area contributed by atoms with E-state index in [0.29, 0.717) is 26.6 Å². The van der Waals surface area contributed by atoms with E-state index in [9.17, 15) is 15.0 Å². The molecule has 2 aromatic carbocycles. The Labute approximate surface area is 152 Å². The van der Waals surface area contributed by atoms with Crippen LogP contribution in [0.2, 0.25) is 0 Å².